The van der Waals surface area contributed by atoms with Gasteiger partial charge in [-0.2, -0.15) is 13.1 Å². The first-order chi connectivity index (χ1) is 14.0. The molecule has 0 amide bonds. The zero-order valence-corrected chi connectivity index (χ0v) is 17.3. The molecule has 12 heteroatoms. The van der Waals surface area contributed by atoms with Gasteiger partial charge in [-0.15, -0.1) is 0 Å². The Hall–Kier alpha value is -2.50. The molecular formula is C18H17ClF3NO6S. The van der Waals surface area contributed by atoms with Crippen LogP contribution in [0, 0.1) is 5.82 Å². The molecule has 2 rings (SSSR count). The van der Waals surface area contributed by atoms with E-state index >= 15 is 0 Å². The molecule has 0 fully saturated rings. The van der Waals surface area contributed by atoms with Crippen molar-refractivity contribution in [1.29, 1.82) is 0 Å². The fourth-order valence-electron chi connectivity index (χ4n) is 2.32. The van der Waals surface area contributed by atoms with Gasteiger partial charge < -0.3 is 14.2 Å². The van der Waals surface area contributed by atoms with Crippen LogP contribution in [0.2, 0.25) is 5.02 Å². The van der Waals surface area contributed by atoms with Gasteiger partial charge in [0.1, 0.15) is 19.0 Å². The molecule has 0 aromatic heterocycles. The van der Waals surface area contributed by atoms with Crippen molar-refractivity contribution in [2.24, 2.45) is 0 Å². The molecule has 2 aromatic rings. The second-order valence-corrected chi connectivity index (χ2v) is 8.32. The van der Waals surface area contributed by atoms with Crippen LogP contribution < -0.4 is 9.47 Å². The lowest BCUT2D eigenvalue weighted by molar-refractivity contribution is -0.144. The topological polar surface area (TPSA) is 82.1 Å². The summed E-state index contributed by atoms with van der Waals surface area (Å²) in [6.07, 6.45) is 0. The van der Waals surface area contributed by atoms with E-state index in [0.29, 0.717) is 5.56 Å². The van der Waals surface area contributed by atoms with E-state index in [1.54, 1.807) is 0 Å². The number of alkyl halides is 2. The van der Waals surface area contributed by atoms with Crippen LogP contribution in [0.1, 0.15) is 5.56 Å². The number of nitrogens with zero attached hydrogens (tertiary/aromatic N) is 1. The fraction of sp³-hybridized carbons (Fsp3) is 0.278. The maximum absolute atomic E-state index is 13.0. The Kier molecular flexibility index (Phi) is 7.93. The lowest BCUT2D eigenvalue weighted by atomic mass is 10.2. The Morgan fingerprint density at radius 1 is 1.20 bits per heavy atom. The molecular weight excluding hydrogens is 451 g/mol. The van der Waals surface area contributed by atoms with Crippen LogP contribution in [0.25, 0.3) is 0 Å². The number of carbonyl (C=O) groups is 1. The maximum Gasteiger partial charge on any atom is 0.387 e. The molecule has 0 aliphatic rings. The highest BCUT2D eigenvalue weighted by molar-refractivity contribution is 7.89. The molecule has 0 unspecified atom stereocenters. The molecule has 7 nitrogen and oxygen atoms in total. The average molecular weight is 468 g/mol. The maximum atomic E-state index is 13.0. The predicted molar refractivity (Wildman–Crippen MR) is 101 cm³/mol. The van der Waals surface area contributed by atoms with Crippen LogP contribution >= 0.6 is 11.6 Å². The molecule has 0 aliphatic carbocycles. The number of hydrogen-bond donors (Lipinski definition) is 0. The molecule has 0 saturated carbocycles. The SMILES string of the molecule is COc1cc(COC(=O)CN(C)S(=O)(=O)c2ccc(F)cc2)cc(Cl)c1OC(F)F. The van der Waals surface area contributed by atoms with Crippen LogP contribution in [0.3, 0.4) is 0 Å². The van der Waals surface area contributed by atoms with Gasteiger partial charge in [-0.05, 0) is 42.0 Å². The molecule has 0 radical (unpaired) electrons. The summed E-state index contributed by atoms with van der Waals surface area (Å²) in [5, 5.41) is -0.184. The van der Waals surface area contributed by atoms with Crippen molar-refractivity contribution in [3.8, 4) is 11.5 Å². The second kappa shape index (κ2) is 10.0. The standard InChI is InChI=1S/C18H17ClF3NO6S/c1-23(30(25,26)13-5-3-12(20)4-6-13)9-16(24)28-10-11-7-14(19)17(29-18(21)22)15(8-11)27-2/h3-8,18H,9-10H2,1-2H3. The number of rotatable bonds is 9. The third-order valence-corrected chi connectivity index (χ3v) is 5.87. The number of ether oxygens (including phenoxy) is 3. The molecule has 164 valence electrons. The van der Waals surface area contributed by atoms with Crippen LogP contribution in [-0.2, 0) is 26.2 Å². The average Bonchev–Trinajstić information content (AvgIpc) is 2.68. The van der Waals surface area contributed by atoms with Crippen LogP contribution in [0.15, 0.2) is 41.3 Å². The zero-order valence-electron chi connectivity index (χ0n) is 15.8. The summed E-state index contributed by atoms with van der Waals surface area (Å²) in [5.41, 5.74) is 0.302. The van der Waals surface area contributed by atoms with Crippen LogP contribution in [0.5, 0.6) is 11.5 Å². The molecule has 0 spiro atoms. The van der Waals surface area contributed by atoms with Gasteiger partial charge in [0.05, 0.1) is 17.0 Å². The van der Waals surface area contributed by atoms with E-state index in [-0.39, 0.29) is 28.0 Å². The van der Waals surface area contributed by atoms with Crippen molar-refractivity contribution >= 4 is 27.6 Å². The minimum absolute atomic E-state index is 0.0927. The smallest absolute Gasteiger partial charge is 0.387 e. The summed E-state index contributed by atoms with van der Waals surface area (Å²) >= 11 is 5.90. The summed E-state index contributed by atoms with van der Waals surface area (Å²) in [6, 6.07) is 6.65. The number of likely N-dealkylation sites (N-methyl/N-ethyl adjacent to an activating group) is 1. The number of hydrogen-bond acceptors (Lipinski definition) is 6. The highest BCUT2D eigenvalue weighted by Gasteiger charge is 2.24. The summed E-state index contributed by atoms with van der Waals surface area (Å²) in [6.45, 7) is -4.05. The van der Waals surface area contributed by atoms with E-state index in [0.717, 1.165) is 35.6 Å². The highest BCUT2D eigenvalue weighted by Crippen LogP contribution is 2.37. The number of halogens is 4. The zero-order chi connectivity index (χ0) is 22.5. The van der Waals surface area contributed by atoms with Gasteiger partial charge in [0.15, 0.2) is 11.5 Å². The van der Waals surface area contributed by atoms with Gasteiger partial charge in [0.25, 0.3) is 0 Å². The lowest BCUT2D eigenvalue weighted by Crippen LogP contribution is -2.33. The van der Waals surface area contributed by atoms with E-state index in [1.165, 1.54) is 19.2 Å². The predicted octanol–water partition coefficient (Wildman–Crippen LogP) is 3.45. The van der Waals surface area contributed by atoms with E-state index in [9.17, 15) is 26.4 Å². The van der Waals surface area contributed by atoms with Crippen LogP contribution in [-0.4, -0.2) is 46.0 Å². The molecule has 2 aromatic carbocycles. The Bertz CT molecular complexity index is 1000. The van der Waals surface area contributed by atoms with Crippen molar-refractivity contribution in [2.75, 3.05) is 20.7 Å². The van der Waals surface area contributed by atoms with E-state index < -0.39 is 35.0 Å². The Balaban J connectivity index is 2.03. The quantitative estimate of drug-likeness (QED) is 0.525. The Morgan fingerprint density at radius 3 is 2.40 bits per heavy atom. The molecule has 0 heterocycles. The van der Waals surface area contributed by atoms with Crippen molar-refractivity contribution in [3.05, 3.63) is 52.8 Å². The lowest BCUT2D eigenvalue weighted by Gasteiger charge is -2.17. The molecule has 0 atom stereocenters. The number of sulfonamides is 1. The second-order valence-electron chi connectivity index (χ2n) is 5.86. The van der Waals surface area contributed by atoms with Crippen molar-refractivity contribution in [1.82, 2.24) is 4.31 Å². The Morgan fingerprint density at radius 2 is 1.83 bits per heavy atom. The molecule has 0 N–H and O–H groups in total. The summed E-state index contributed by atoms with van der Waals surface area (Å²) < 4.78 is 77.7. The van der Waals surface area contributed by atoms with Crippen molar-refractivity contribution in [3.63, 3.8) is 0 Å². The number of methoxy groups -OCH3 is 1. The fourth-order valence-corrected chi connectivity index (χ4v) is 3.72. The van der Waals surface area contributed by atoms with Gasteiger partial charge in [-0.25, -0.2) is 12.8 Å². The first-order valence-corrected chi connectivity index (χ1v) is 10.0. The number of benzene rings is 2. The van der Waals surface area contributed by atoms with E-state index in [2.05, 4.69) is 4.74 Å². The summed E-state index contributed by atoms with van der Waals surface area (Å²) in [4.78, 5) is 11.8. The monoisotopic (exact) mass is 467 g/mol. The van der Waals surface area contributed by atoms with Gasteiger partial charge in [0, 0.05) is 7.05 Å². The van der Waals surface area contributed by atoms with Gasteiger partial charge in [0.2, 0.25) is 10.0 Å². The first kappa shape index (κ1) is 23.8. The summed E-state index contributed by atoms with van der Waals surface area (Å²) in [5.74, 6) is -1.94. The minimum atomic E-state index is -4.03. The summed E-state index contributed by atoms with van der Waals surface area (Å²) in [7, 11) is -1.65. The Labute approximate surface area is 176 Å². The van der Waals surface area contributed by atoms with Crippen molar-refractivity contribution < 1.29 is 40.6 Å². The first-order valence-electron chi connectivity index (χ1n) is 8.23. The molecule has 30 heavy (non-hydrogen) atoms. The van der Waals surface area contributed by atoms with Crippen LogP contribution in [0.4, 0.5) is 13.2 Å². The van der Waals surface area contributed by atoms with Crippen molar-refractivity contribution in [2.45, 2.75) is 18.1 Å². The minimum Gasteiger partial charge on any atom is -0.493 e. The largest absolute Gasteiger partial charge is 0.493 e. The van der Waals surface area contributed by atoms with Gasteiger partial charge in [-0.1, -0.05) is 11.6 Å². The third kappa shape index (κ3) is 6.00. The van der Waals surface area contributed by atoms with Gasteiger partial charge >= 0.3 is 12.6 Å². The number of carbonyl (C=O) groups excluding carboxylic acids is 1. The molecule has 0 aliphatic heterocycles. The third-order valence-electron chi connectivity index (χ3n) is 3.77. The molecule has 0 bridgehead atoms. The van der Waals surface area contributed by atoms with E-state index in [4.69, 9.17) is 21.1 Å². The highest BCUT2D eigenvalue weighted by atomic mass is 35.5. The molecule has 0 saturated heterocycles. The normalized spacial score (nSPS) is 11.6. The van der Waals surface area contributed by atoms with E-state index in [1.807, 2.05) is 0 Å². The number of esters is 1. The van der Waals surface area contributed by atoms with Gasteiger partial charge in [-0.3, -0.25) is 4.79 Å².